The summed E-state index contributed by atoms with van der Waals surface area (Å²) in [7, 11) is -3.83. The lowest BCUT2D eigenvalue weighted by molar-refractivity contribution is -0.113. The van der Waals surface area contributed by atoms with Gasteiger partial charge in [0.05, 0.1) is 10.6 Å². The molecular formula is C18H21ClN2O3S2. The van der Waals surface area contributed by atoms with Gasteiger partial charge in [0.15, 0.2) is 0 Å². The van der Waals surface area contributed by atoms with E-state index >= 15 is 0 Å². The van der Waals surface area contributed by atoms with Crippen molar-refractivity contribution in [1.29, 1.82) is 0 Å². The molecule has 2 rings (SSSR count). The van der Waals surface area contributed by atoms with Crippen molar-refractivity contribution in [2.75, 3.05) is 11.1 Å². The van der Waals surface area contributed by atoms with Crippen molar-refractivity contribution in [3.8, 4) is 0 Å². The van der Waals surface area contributed by atoms with Crippen LogP contribution < -0.4 is 10.5 Å². The molecule has 0 fully saturated rings. The number of carbonyl (C=O) groups is 1. The van der Waals surface area contributed by atoms with Crippen LogP contribution in [-0.2, 0) is 14.8 Å². The Morgan fingerprint density at radius 3 is 2.42 bits per heavy atom. The fourth-order valence-corrected chi connectivity index (χ4v) is 3.91. The van der Waals surface area contributed by atoms with E-state index in [2.05, 4.69) is 5.32 Å². The molecular weight excluding hydrogens is 392 g/mol. The lowest BCUT2D eigenvalue weighted by atomic mass is 10.1. The first-order chi connectivity index (χ1) is 12.1. The number of thioether (sulfide) groups is 1. The highest BCUT2D eigenvalue weighted by atomic mass is 35.5. The Labute approximate surface area is 163 Å². The van der Waals surface area contributed by atoms with Crippen molar-refractivity contribution in [3.63, 3.8) is 0 Å². The van der Waals surface area contributed by atoms with Crippen LogP contribution in [0, 0.1) is 13.8 Å². The summed E-state index contributed by atoms with van der Waals surface area (Å²) in [5, 5.41) is 8.77. The average molecular weight is 413 g/mol. The van der Waals surface area contributed by atoms with Crippen LogP contribution in [-0.4, -0.2) is 20.1 Å². The molecule has 2 aromatic rings. The maximum absolute atomic E-state index is 12.3. The molecule has 0 aliphatic rings. The molecule has 5 nitrogen and oxygen atoms in total. The van der Waals surface area contributed by atoms with Gasteiger partial charge in [0.1, 0.15) is 0 Å². The van der Waals surface area contributed by atoms with Crippen LogP contribution in [0.4, 0.5) is 5.69 Å². The van der Waals surface area contributed by atoms with Crippen molar-refractivity contribution in [2.45, 2.75) is 30.9 Å². The smallest absolute Gasteiger partial charge is 0.238 e. The molecule has 2 aromatic carbocycles. The molecule has 3 N–H and O–H groups in total. The largest absolute Gasteiger partial charge is 0.325 e. The highest BCUT2D eigenvalue weighted by Crippen LogP contribution is 2.29. The number of hydrogen-bond acceptors (Lipinski definition) is 4. The molecule has 0 aromatic heterocycles. The molecule has 26 heavy (non-hydrogen) atoms. The number of hydrogen-bond donors (Lipinski definition) is 2. The first-order valence-corrected chi connectivity index (χ1v) is 10.9. The zero-order chi connectivity index (χ0) is 19.5. The number of carbonyl (C=O) groups excluding carboxylic acids is 1. The van der Waals surface area contributed by atoms with Gasteiger partial charge in [-0.1, -0.05) is 23.7 Å². The number of aryl methyl sites for hydroxylation is 1. The molecule has 0 bridgehead atoms. The third kappa shape index (κ3) is 5.48. The van der Waals surface area contributed by atoms with E-state index in [9.17, 15) is 13.2 Å². The summed E-state index contributed by atoms with van der Waals surface area (Å²) in [4.78, 5) is 12.3. The van der Waals surface area contributed by atoms with Gasteiger partial charge >= 0.3 is 0 Å². The maximum atomic E-state index is 12.3. The molecule has 0 heterocycles. The zero-order valence-electron chi connectivity index (χ0n) is 14.7. The van der Waals surface area contributed by atoms with Crippen LogP contribution in [0.15, 0.2) is 41.3 Å². The average Bonchev–Trinajstić information content (AvgIpc) is 2.56. The third-order valence-electron chi connectivity index (χ3n) is 4.05. The Bertz CT molecular complexity index is 913. The Morgan fingerprint density at radius 2 is 1.85 bits per heavy atom. The Balaban J connectivity index is 2.06. The number of rotatable bonds is 6. The van der Waals surface area contributed by atoms with Crippen molar-refractivity contribution in [2.24, 2.45) is 5.14 Å². The first-order valence-electron chi connectivity index (χ1n) is 7.89. The van der Waals surface area contributed by atoms with Crippen LogP contribution in [0.25, 0.3) is 0 Å². The lowest BCUT2D eigenvalue weighted by Gasteiger charge is -2.14. The van der Waals surface area contributed by atoms with Gasteiger partial charge in [0, 0.05) is 16.0 Å². The summed E-state index contributed by atoms with van der Waals surface area (Å²) in [5.41, 5.74) is 3.09. The van der Waals surface area contributed by atoms with Crippen molar-refractivity contribution in [3.05, 3.63) is 58.1 Å². The topological polar surface area (TPSA) is 89.3 Å². The van der Waals surface area contributed by atoms with Gasteiger partial charge in [0.2, 0.25) is 15.9 Å². The van der Waals surface area contributed by atoms with Crippen molar-refractivity contribution >= 4 is 45.0 Å². The van der Waals surface area contributed by atoms with E-state index in [1.54, 1.807) is 6.92 Å². The molecule has 0 saturated heterocycles. The second-order valence-electron chi connectivity index (χ2n) is 6.01. The normalized spacial score (nSPS) is 12.7. The monoisotopic (exact) mass is 412 g/mol. The van der Waals surface area contributed by atoms with E-state index in [0.717, 1.165) is 16.7 Å². The SMILES string of the molecule is Cc1cc(S(N)(=O)=O)cc(NC(=O)CSC(C)c2ccc(Cl)cc2)c1C. The molecule has 0 aliphatic carbocycles. The van der Waals surface area contributed by atoms with Gasteiger partial charge in [-0.15, -0.1) is 11.8 Å². The number of benzene rings is 2. The fraction of sp³-hybridized carbons (Fsp3) is 0.278. The number of nitrogens with two attached hydrogens (primary N) is 1. The predicted octanol–water partition coefficient (Wildman–Crippen LogP) is 4.04. The molecule has 140 valence electrons. The second-order valence-corrected chi connectivity index (χ2v) is 9.34. The third-order valence-corrected chi connectivity index (χ3v) is 6.39. The van der Waals surface area contributed by atoms with Gasteiger partial charge < -0.3 is 5.32 Å². The number of anilines is 1. The molecule has 0 spiro atoms. The number of amides is 1. The van der Waals surface area contributed by atoms with Crippen LogP contribution in [0.1, 0.15) is 28.9 Å². The summed E-state index contributed by atoms with van der Waals surface area (Å²) in [6.45, 7) is 5.61. The van der Waals surface area contributed by atoms with Crippen LogP contribution >= 0.6 is 23.4 Å². The first kappa shape index (κ1) is 20.8. The van der Waals surface area contributed by atoms with E-state index in [1.165, 1.54) is 23.9 Å². The van der Waals surface area contributed by atoms with E-state index in [1.807, 2.05) is 38.1 Å². The van der Waals surface area contributed by atoms with Crippen molar-refractivity contribution in [1.82, 2.24) is 0 Å². The zero-order valence-corrected chi connectivity index (χ0v) is 17.1. The van der Waals surface area contributed by atoms with Crippen molar-refractivity contribution < 1.29 is 13.2 Å². The number of nitrogens with one attached hydrogen (secondary N) is 1. The Hall–Kier alpha value is -1.54. The minimum absolute atomic E-state index is 0.0157. The van der Waals surface area contributed by atoms with Gasteiger partial charge in [0.25, 0.3) is 0 Å². The van der Waals surface area contributed by atoms with E-state index in [4.69, 9.17) is 16.7 Å². The summed E-state index contributed by atoms with van der Waals surface area (Å²) in [6.07, 6.45) is 0. The van der Waals surface area contributed by atoms with Gasteiger partial charge in [-0.25, -0.2) is 13.6 Å². The summed E-state index contributed by atoms with van der Waals surface area (Å²) >= 11 is 7.37. The molecule has 8 heteroatoms. The second kappa shape index (κ2) is 8.43. The highest BCUT2D eigenvalue weighted by molar-refractivity contribution is 8.00. The molecule has 1 atom stereocenters. The van der Waals surface area contributed by atoms with Gasteiger partial charge in [-0.3, -0.25) is 4.79 Å². The minimum Gasteiger partial charge on any atom is -0.325 e. The van der Waals surface area contributed by atoms with E-state index < -0.39 is 10.0 Å². The summed E-state index contributed by atoms with van der Waals surface area (Å²) < 4.78 is 23.2. The number of halogens is 1. The highest BCUT2D eigenvalue weighted by Gasteiger charge is 2.15. The fourth-order valence-electron chi connectivity index (χ4n) is 2.34. The van der Waals surface area contributed by atoms with E-state index in [0.29, 0.717) is 10.7 Å². The minimum atomic E-state index is -3.83. The van der Waals surface area contributed by atoms with Gasteiger partial charge in [-0.05, 0) is 61.7 Å². The predicted molar refractivity (Wildman–Crippen MR) is 108 cm³/mol. The van der Waals surface area contributed by atoms with Crippen LogP contribution in [0.5, 0.6) is 0 Å². The number of sulfonamides is 1. The van der Waals surface area contributed by atoms with E-state index in [-0.39, 0.29) is 21.8 Å². The Morgan fingerprint density at radius 1 is 1.23 bits per heavy atom. The molecule has 0 saturated carbocycles. The molecule has 1 unspecified atom stereocenters. The molecule has 0 aliphatic heterocycles. The van der Waals surface area contributed by atoms with Gasteiger partial charge in [-0.2, -0.15) is 0 Å². The summed E-state index contributed by atoms with van der Waals surface area (Å²) in [6, 6.07) is 10.4. The van der Waals surface area contributed by atoms with Crippen LogP contribution in [0.2, 0.25) is 5.02 Å². The quantitative estimate of drug-likeness (QED) is 0.749. The number of primary sulfonamides is 1. The Kier molecular flexibility index (Phi) is 6.74. The lowest BCUT2D eigenvalue weighted by Crippen LogP contribution is -2.18. The molecule has 1 amide bonds. The summed E-state index contributed by atoms with van der Waals surface area (Å²) in [5.74, 6) is 0.0342. The molecule has 0 radical (unpaired) electrons. The standard InChI is InChI=1S/C18H21ClN2O3S2/c1-11-8-16(26(20,23)24)9-17(12(11)2)21-18(22)10-25-13(3)14-4-6-15(19)7-5-14/h4-9,13H,10H2,1-3H3,(H,21,22)(H2,20,23,24). The maximum Gasteiger partial charge on any atom is 0.238 e. The van der Waals surface area contributed by atoms with Crippen LogP contribution in [0.3, 0.4) is 0 Å².